The van der Waals surface area contributed by atoms with Gasteiger partial charge in [0, 0.05) is 12.6 Å². The van der Waals surface area contributed by atoms with Gasteiger partial charge >= 0.3 is 6.03 Å². The maximum Gasteiger partial charge on any atom is 0.318 e. The second-order valence-electron chi connectivity index (χ2n) is 5.25. The molecule has 0 radical (unpaired) electrons. The standard InChI is InChI=1S/C12H22N4O2/c13-12(18)15-11(17)8-16-6-2-3-9(7-16)10-4-1-5-14-10/h9-10,14H,1-8H2,(H3,13,15,17,18). The number of carbonyl (C=O) groups excluding carboxylic acids is 2. The van der Waals surface area contributed by atoms with Crippen LogP contribution in [0.2, 0.25) is 0 Å². The molecule has 0 aromatic rings. The van der Waals surface area contributed by atoms with E-state index >= 15 is 0 Å². The number of carbonyl (C=O) groups is 2. The Balaban J connectivity index is 1.79. The van der Waals surface area contributed by atoms with Crippen LogP contribution in [-0.2, 0) is 4.79 Å². The number of likely N-dealkylation sites (tertiary alicyclic amines) is 1. The Labute approximate surface area is 107 Å². The summed E-state index contributed by atoms with van der Waals surface area (Å²) in [4.78, 5) is 24.2. The Morgan fingerprint density at radius 2 is 2.17 bits per heavy atom. The van der Waals surface area contributed by atoms with Crippen LogP contribution in [0.25, 0.3) is 0 Å². The number of nitrogens with zero attached hydrogens (tertiary/aromatic N) is 1. The first-order valence-electron chi connectivity index (χ1n) is 6.70. The predicted molar refractivity (Wildman–Crippen MR) is 67.9 cm³/mol. The highest BCUT2D eigenvalue weighted by Gasteiger charge is 2.29. The molecule has 0 saturated carbocycles. The van der Waals surface area contributed by atoms with Crippen LogP contribution in [-0.4, -0.2) is 49.1 Å². The average molecular weight is 254 g/mol. The predicted octanol–water partition coefficient (Wildman–Crippen LogP) is -0.355. The van der Waals surface area contributed by atoms with Crippen LogP contribution in [0, 0.1) is 5.92 Å². The van der Waals surface area contributed by atoms with Crippen LogP contribution in [0.4, 0.5) is 4.79 Å². The van der Waals surface area contributed by atoms with Crippen molar-refractivity contribution < 1.29 is 9.59 Å². The van der Waals surface area contributed by atoms with Gasteiger partial charge in [0.25, 0.3) is 0 Å². The zero-order chi connectivity index (χ0) is 13.0. The van der Waals surface area contributed by atoms with Crippen molar-refractivity contribution in [2.24, 2.45) is 11.7 Å². The fraction of sp³-hybridized carbons (Fsp3) is 0.833. The van der Waals surface area contributed by atoms with E-state index in [9.17, 15) is 9.59 Å². The van der Waals surface area contributed by atoms with E-state index in [4.69, 9.17) is 5.73 Å². The molecule has 0 bridgehead atoms. The molecule has 2 unspecified atom stereocenters. The molecule has 0 aliphatic carbocycles. The van der Waals surface area contributed by atoms with Gasteiger partial charge < -0.3 is 11.1 Å². The van der Waals surface area contributed by atoms with Crippen molar-refractivity contribution in [3.8, 4) is 0 Å². The van der Waals surface area contributed by atoms with Crippen LogP contribution < -0.4 is 16.4 Å². The van der Waals surface area contributed by atoms with Gasteiger partial charge in [-0.25, -0.2) is 4.79 Å². The summed E-state index contributed by atoms with van der Waals surface area (Å²) in [5.41, 5.74) is 4.93. The van der Waals surface area contributed by atoms with Crippen molar-refractivity contribution in [3.63, 3.8) is 0 Å². The first-order valence-corrected chi connectivity index (χ1v) is 6.70. The summed E-state index contributed by atoms with van der Waals surface area (Å²) >= 11 is 0. The van der Waals surface area contributed by atoms with Crippen LogP contribution in [0.3, 0.4) is 0 Å². The second kappa shape index (κ2) is 6.15. The van der Waals surface area contributed by atoms with Crippen molar-refractivity contribution in [2.45, 2.75) is 31.7 Å². The quantitative estimate of drug-likeness (QED) is 0.642. The number of primary amides is 1. The third-order valence-electron chi connectivity index (χ3n) is 3.84. The molecular formula is C12H22N4O2. The minimum absolute atomic E-state index is 0.270. The molecule has 0 spiro atoms. The molecule has 2 saturated heterocycles. The summed E-state index contributed by atoms with van der Waals surface area (Å²) in [6.07, 6.45) is 4.84. The van der Waals surface area contributed by atoms with Crippen LogP contribution in [0.5, 0.6) is 0 Å². The summed E-state index contributed by atoms with van der Waals surface area (Å²) in [5, 5.41) is 5.65. The largest absolute Gasteiger partial charge is 0.351 e. The Bertz CT molecular complexity index is 315. The van der Waals surface area contributed by atoms with Crippen molar-refractivity contribution in [2.75, 3.05) is 26.2 Å². The van der Waals surface area contributed by atoms with Crippen LogP contribution in [0.1, 0.15) is 25.7 Å². The minimum atomic E-state index is -0.772. The van der Waals surface area contributed by atoms with Crippen molar-refractivity contribution in [3.05, 3.63) is 0 Å². The lowest BCUT2D eigenvalue weighted by molar-refractivity contribution is -0.121. The molecule has 2 fully saturated rings. The van der Waals surface area contributed by atoms with E-state index in [1.165, 1.54) is 19.3 Å². The molecule has 2 heterocycles. The van der Waals surface area contributed by atoms with E-state index in [0.29, 0.717) is 12.0 Å². The molecular weight excluding hydrogens is 232 g/mol. The Kier molecular flexibility index (Phi) is 4.54. The van der Waals surface area contributed by atoms with Gasteiger partial charge in [-0.2, -0.15) is 0 Å². The lowest BCUT2D eigenvalue weighted by Crippen LogP contribution is -2.48. The van der Waals surface area contributed by atoms with Crippen LogP contribution >= 0.6 is 0 Å². The summed E-state index contributed by atoms with van der Waals surface area (Å²) in [6.45, 7) is 3.24. The van der Waals surface area contributed by atoms with E-state index in [-0.39, 0.29) is 12.5 Å². The minimum Gasteiger partial charge on any atom is -0.351 e. The van der Waals surface area contributed by atoms with Crippen molar-refractivity contribution in [1.82, 2.24) is 15.5 Å². The molecule has 6 heteroatoms. The highest BCUT2D eigenvalue weighted by atomic mass is 16.2. The number of imide groups is 1. The SMILES string of the molecule is NC(=O)NC(=O)CN1CCCC(C2CCCN2)C1. The van der Waals surface area contributed by atoms with Gasteiger partial charge in [-0.3, -0.25) is 15.0 Å². The Morgan fingerprint density at radius 3 is 2.83 bits per heavy atom. The molecule has 102 valence electrons. The van der Waals surface area contributed by atoms with Crippen molar-refractivity contribution in [1.29, 1.82) is 0 Å². The smallest absolute Gasteiger partial charge is 0.318 e. The number of rotatable bonds is 3. The second-order valence-corrected chi connectivity index (χ2v) is 5.25. The molecule has 4 N–H and O–H groups in total. The van der Waals surface area contributed by atoms with E-state index < -0.39 is 6.03 Å². The zero-order valence-electron chi connectivity index (χ0n) is 10.7. The fourth-order valence-electron chi connectivity index (χ4n) is 3.06. The van der Waals surface area contributed by atoms with Gasteiger partial charge in [-0.05, 0) is 44.7 Å². The van der Waals surface area contributed by atoms with E-state index in [1.807, 2.05) is 0 Å². The number of amides is 3. The molecule has 2 atom stereocenters. The molecule has 18 heavy (non-hydrogen) atoms. The van der Waals surface area contributed by atoms with Gasteiger partial charge in [0.15, 0.2) is 0 Å². The topological polar surface area (TPSA) is 87.5 Å². The number of hydrogen-bond acceptors (Lipinski definition) is 4. The van der Waals surface area contributed by atoms with Gasteiger partial charge in [0.05, 0.1) is 6.54 Å². The number of piperidine rings is 1. The molecule has 6 nitrogen and oxygen atoms in total. The molecule has 3 amide bonds. The third-order valence-corrected chi connectivity index (χ3v) is 3.84. The van der Waals surface area contributed by atoms with Crippen molar-refractivity contribution >= 4 is 11.9 Å². The van der Waals surface area contributed by atoms with E-state index in [0.717, 1.165) is 26.1 Å². The normalized spacial score (nSPS) is 29.1. The van der Waals surface area contributed by atoms with Gasteiger partial charge in [0.2, 0.25) is 5.91 Å². The fourth-order valence-corrected chi connectivity index (χ4v) is 3.06. The first-order chi connectivity index (χ1) is 8.65. The third kappa shape index (κ3) is 3.68. The molecule has 2 aliphatic heterocycles. The molecule has 0 aromatic carbocycles. The highest BCUT2D eigenvalue weighted by molar-refractivity contribution is 5.94. The highest BCUT2D eigenvalue weighted by Crippen LogP contribution is 2.24. The molecule has 2 aliphatic rings. The summed E-state index contributed by atoms with van der Waals surface area (Å²) in [5.74, 6) is 0.324. The Morgan fingerprint density at radius 1 is 1.33 bits per heavy atom. The zero-order valence-corrected chi connectivity index (χ0v) is 10.7. The Hall–Kier alpha value is -1.14. The summed E-state index contributed by atoms with van der Waals surface area (Å²) < 4.78 is 0. The first kappa shape index (κ1) is 13.3. The molecule has 2 rings (SSSR count). The maximum atomic E-state index is 11.5. The number of urea groups is 1. The number of nitrogens with two attached hydrogens (primary N) is 1. The lowest BCUT2D eigenvalue weighted by atomic mass is 9.90. The summed E-state index contributed by atoms with van der Waals surface area (Å²) in [6, 6.07) is -0.168. The molecule has 0 aromatic heterocycles. The summed E-state index contributed by atoms with van der Waals surface area (Å²) in [7, 11) is 0. The van der Waals surface area contributed by atoms with E-state index in [2.05, 4.69) is 15.5 Å². The maximum absolute atomic E-state index is 11.5. The average Bonchev–Trinajstić information content (AvgIpc) is 2.81. The number of hydrogen-bond donors (Lipinski definition) is 3. The van der Waals surface area contributed by atoms with Gasteiger partial charge in [-0.15, -0.1) is 0 Å². The van der Waals surface area contributed by atoms with Gasteiger partial charge in [0.1, 0.15) is 0 Å². The number of nitrogens with one attached hydrogen (secondary N) is 2. The van der Waals surface area contributed by atoms with E-state index in [1.54, 1.807) is 0 Å². The monoisotopic (exact) mass is 254 g/mol. The lowest BCUT2D eigenvalue weighted by Gasteiger charge is -2.35. The van der Waals surface area contributed by atoms with Gasteiger partial charge in [-0.1, -0.05) is 0 Å². The van der Waals surface area contributed by atoms with Crippen LogP contribution in [0.15, 0.2) is 0 Å².